The fourth-order valence-electron chi connectivity index (χ4n) is 4.25. The van der Waals surface area contributed by atoms with Crippen molar-refractivity contribution in [1.29, 1.82) is 0 Å². The molecular formula is C26H33N5O4S. The molecule has 0 unspecified atom stereocenters. The second-order valence-electron chi connectivity index (χ2n) is 8.67. The highest BCUT2D eigenvalue weighted by Crippen LogP contribution is 2.31. The number of H-pyrrole nitrogens is 1. The maximum atomic E-state index is 13.0. The Morgan fingerprint density at radius 1 is 1.19 bits per heavy atom. The Morgan fingerprint density at radius 3 is 2.69 bits per heavy atom. The van der Waals surface area contributed by atoms with E-state index in [2.05, 4.69) is 20.2 Å². The van der Waals surface area contributed by atoms with Crippen LogP contribution in [-0.4, -0.2) is 78.5 Å². The minimum absolute atomic E-state index is 0.166. The number of pyridine rings is 2. The number of aromatic amines is 1. The topological polar surface area (TPSA) is 92.0 Å². The maximum absolute atomic E-state index is 13.0. The third-order valence-electron chi connectivity index (χ3n) is 6.20. The van der Waals surface area contributed by atoms with Gasteiger partial charge in [-0.3, -0.25) is 14.7 Å². The molecule has 2 N–H and O–H groups in total. The molecule has 1 aromatic carbocycles. The van der Waals surface area contributed by atoms with Crippen molar-refractivity contribution in [2.45, 2.75) is 19.5 Å². The number of hydrogen-bond donors (Lipinski definition) is 2. The van der Waals surface area contributed by atoms with Crippen LogP contribution in [0.3, 0.4) is 0 Å². The van der Waals surface area contributed by atoms with E-state index in [4.69, 9.17) is 26.4 Å². The molecule has 0 bridgehead atoms. The number of nitrogens with one attached hydrogen (secondary N) is 2. The first-order chi connectivity index (χ1) is 17.6. The van der Waals surface area contributed by atoms with E-state index in [1.54, 1.807) is 26.5 Å². The summed E-state index contributed by atoms with van der Waals surface area (Å²) in [5, 5.41) is 4.84. The summed E-state index contributed by atoms with van der Waals surface area (Å²) in [6, 6.07) is 9.42. The lowest BCUT2D eigenvalue weighted by Gasteiger charge is -2.28. The summed E-state index contributed by atoms with van der Waals surface area (Å²) in [5.74, 6) is 1.17. The Kier molecular flexibility index (Phi) is 9.10. The van der Waals surface area contributed by atoms with Crippen LogP contribution in [0.5, 0.6) is 11.5 Å². The molecule has 0 spiro atoms. The molecule has 192 valence electrons. The zero-order chi connectivity index (χ0) is 25.3. The van der Waals surface area contributed by atoms with Gasteiger partial charge in [-0.1, -0.05) is 6.07 Å². The molecule has 1 fully saturated rings. The van der Waals surface area contributed by atoms with E-state index in [1.165, 1.54) is 0 Å². The molecule has 3 heterocycles. The molecule has 4 rings (SSSR count). The fourth-order valence-corrected chi connectivity index (χ4v) is 4.48. The van der Waals surface area contributed by atoms with Crippen LogP contribution < -0.4 is 20.3 Å². The number of nitrogens with zero attached hydrogens (tertiary/aromatic N) is 3. The first-order valence-corrected chi connectivity index (χ1v) is 12.5. The van der Waals surface area contributed by atoms with Crippen LogP contribution in [0, 0.1) is 0 Å². The molecule has 0 aliphatic carbocycles. The van der Waals surface area contributed by atoms with E-state index in [-0.39, 0.29) is 5.56 Å². The molecule has 0 amide bonds. The minimum atomic E-state index is -0.166. The molecule has 2 aromatic heterocycles. The molecule has 0 atom stereocenters. The first kappa shape index (κ1) is 25.9. The van der Waals surface area contributed by atoms with E-state index in [0.717, 1.165) is 56.8 Å². The number of hydrogen-bond acceptors (Lipinski definition) is 7. The molecule has 0 saturated carbocycles. The van der Waals surface area contributed by atoms with E-state index in [1.807, 2.05) is 35.4 Å². The highest BCUT2D eigenvalue weighted by atomic mass is 32.1. The van der Waals surface area contributed by atoms with Crippen molar-refractivity contribution in [3.05, 3.63) is 64.2 Å². The summed E-state index contributed by atoms with van der Waals surface area (Å²) in [6.07, 6.45) is 4.53. The van der Waals surface area contributed by atoms with Gasteiger partial charge in [-0.05, 0) is 48.9 Å². The van der Waals surface area contributed by atoms with E-state index in [0.29, 0.717) is 40.8 Å². The van der Waals surface area contributed by atoms with Crippen molar-refractivity contribution in [2.75, 3.05) is 53.6 Å². The summed E-state index contributed by atoms with van der Waals surface area (Å²) in [7, 11) is 3.16. The molecule has 1 aliphatic rings. The second-order valence-corrected chi connectivity index (χ2v) is 9.06. The maximum Gasteiger partial charge on any atom is 0.253 e. The van der Waals surface area contributed by atoms with Crippen LogP contribution in [0.15, 0.2) is 47.5 Å². The minimum Gasteiger partial charge on any atom is -0.493 e. The Balaban J connectivity index is 1.49. The van der Waals surface area contributed by atoms with Gasteiger partial charge in [0.2, 0.25) is 0 Å². The van der Waals surface area contributed by atoms with Crippen LogP contribution in [0.25, 0.3) is 10.9 Å². The molecule has 1 aliphatic heterocycles. The van der Waals surface area contributed by atoms with Gasteiger partial charge in [0.05, 0.1) is 39.5 Å². The molecule has 10 heteroatoms. The summed E-state index contributed by atoms with van der Waals surface area (Å²) in [4.78, 5) is 24.6. The third kappa shape index (κ3) is 6.71. The van der Waals surface area contributed by atoms with Gasteiger partial charge < -0.3 is 29.4 Å². The van der Waals surface area contributed by atoms with Crippen molar-refractivity contribution in [3.63, 3.8) is 0 Å². The monoisotopic (exact) mass is 511 g/mol. The zero-order valence-corrected chi connectivity index (χ0v) is 21.6. The highest BCUT2D eigenvalue weighted by Gasteiger charge is 2.16. The number of benzene rings is 1. The van der Waals surface area contributed by atoms with Crippen LogP contribution in [0.1, 0.15) is 17.5 Å². The average molecular weight is 512 g/mol. The van der Waals surface area contributed by atoms with Gasteiger partial charge >= 0.3 is 0 Å². The van der Waals surface area contributed by atoms with Gasteiger partial charge in [0.1, 0.15) is 0 Å². The zero-order valence-electron chi connectivity index (χ0n) is 20.8. The summed E-state index contributed by atoms with van der Waals surface area (Å²) < 4.78 is 16.2. The summed E-state index contributed by atoms with van der Waals surface area (Å²) in [5.41, 5.74) is 2.14. The number of rotatable bonds is 10. The average Bonchev–Trinajstić information content (AvgIpc) is 2.91. The van der Waals surface area contributed by atoms with Gasteiger partial charge in [0.25, 0.3) is 5.56 Å². The van der Waals surface area contributed by atoms with Gasteiger partial charge in [-0.25, -0.2) is 0 Å². The molecular weight excluding hydrogens is 478 g/mol. The van der Waals surface area contributed by atoms with Gasteiger partial charge in [0.15, 0.2) is 16.6 Å². The predicted molar refractivity (Wildman–Crippen MR) is 144 cm³/mol. The van der Waals surface area contributed by atoms with E-state index >= 15 is 0 Å². The number of ether oxygens (including phenoxy) is 3. The lowest BCUT2D eigenvalue weighted by atomic mass is 10.1. The van der Waals surface area contributed by atoms with Gasteiger partial charge in [-0.2, -0.15) is 0 Å². The van der Waals surface area contributed by atoms with Crippen molar-refractivity contribution < 1.29 is 14.2 Å². The normalized spacial score (nSPS) is 13.9. The van der Waals surface area contributed by atoms with Crippen LogP contribution in [0.4, 0.5) is 0 Å². The second kappa shape index (κ2) is 12.7. The van der Waals surface area contributed by atoms with Gasteiger partial charge in [0, 0.05) is 55.6 Å². The SMILES string of the molecule is COc1cc2cc(CN(Cc3cccnc3)C(=S)NCCCN3CCOCC3)c(=O)[nH]c2cc1OC. The third-order valence-corrected chi connectivity index (χ3v) is 6.60. The predicted octanol–water partition coefficient (Wildman–Crippen LogP) is 2.54. The lowest BCUT2D eigenvalue weighted by Crippen LogP contribution is -2.42. The quantitative estimate of drug-likeness (QED) is 0.315. The Labute approximate surface area is 216 Å². The van der Waals surface area contributed by atoms with Crippen LogP contribution in [-0.2, 0) is 17.8 Å². The Bertz CT molecular complexity index is 1210. The number of thiocarbonyl (C=S) groups is 1. The Morgan fingerprint density at radius 2 is 1.97 bits per heavy atom. The Hall–Kier alpha value is -3.21. The van der Waals surface area contributed by atoms with Crippen molar-refractivity contribution in [3.8, 4) is 11.5 Å². The summed E-state index contributed by atoms with van der Waals surface area (Å²) in [6.45, 7) is 6.17. The number of aromatic nitrogens is 2. The van der Waals surface area contributed by atoms with Gasteiger partial charge in [-0.15, -0.1) is 0 Å². The smallest absolute Gasteiger partial charge is 0.253 e. The standard InChI is InChI=1S/C26H33N5O4S/c1-33-23-14-20-13-21(25(32)29-22(20)15-24(23)34-2)18-31(17-19-5-3-6-27-16-19)26(36)28-7-4-8-30-9-11-35-12-10-30/h3,5-6,13-16H,4,7-12,17-18H2,1-2H3,(H,28,36)(H,29,32). The van der Waals surface area contributed by atoms with Crippen LogP contribution >= 0.6 is 12.2 Å². The molecule has 3 aromatic rings. The number of methoxy groups -OCH3 is 2. The van der Waals surface area contributed by atoms with E-state index < -0.39 is 0 Å². The fraction of sp³-hybridized carbons (Fsp3) is 0.423. The molecule has 9 nitrogen and oxygen atoms in total. The highest BCUT2D eigenvalue weighted by molar-refractivity contribution is 7.80. The van der Waals surface area contributed by atoms with Crippen molar-refractivity contribution in [1.82, 2.24) is 25.1 Å². The van der Waals surface area contributed by atoms with E-state index in [9.17, 15) is 4.79 Å². The summed E-state index contributed by atoms with van der Waals surface area (Å²) >= 11 is 5.77. The lowest BCUT2D eigenvalue weighted by molar-refractivity contribution is 0.0376. The van der Waals surface area contributed by atoms with Crippen molar-refractivity contribution >= 4 is 28.2 Å². The van der Waals surface area contributed by atoms with Crippen LogP contribution in [0.2, 0.25) is 0 Å². The largest absolute Gasteiger partial charge is 0.493 e. The number of fused-ring (bicyclic) bond motifs is 1. The first-order valence-electron chi connectivity index (χ1n) is 12.1. The molecule has 0 radical (unpaired) electrons. The number of morpholine rings is 1. The van der Waals surface area contributed by atoms with Crippen molar-refractivity contribution in [2.24, 2.45) is 0 Å². The molecule has 36 heavy (non-hydrogen) atoms. The molecule has 1 saturated heterocycles.